The van der Waals surface area contributed by atoms with E-state index in [-0.39, 0.29) is 16.1 Å². The lowest BCUT2D eigenvalue weighted by molar-refractivity contribution is -0.137. The Morgan fingerprint density at radius 3 is 2.27 bits per heavy atom. The molecule has 1 aromatic carbocycles. The fourth-order valence-corrected chi connectivity index (χ4v) is 2.09. The Bertz CT molecular complexity index is 690. The molecule has 0 aliphatic rings. The number of rotatable bonds is 2. The van der Waals surface area contributed by atoms with Gasteiger partial charge >= 0.3 is 6.18 Å². The van der Waals surface area contributed by atoms with Gasteiger partial charge < -0.3 is 10.6 Å². The fraction of sp³-hybridized carbons (Fsp3) is 0.0769. The molecule has 0 aliphatic carbocycles. The van der Waals surface area contributed by atoms with Crippen molar-refractivity contribution in [3.63, 3.8) is 0 Å². The van der Waals surface area contributed by atoms with Crippen LogP contribution in [-0.4, -0.2) is 10.1 Å². The molecule has 0 amide bonds. The van der Waals surface area contributed by atoms with Crippen LogP contribution in [0.4, 0.5) is 24.7 Å². The van der Waals surface area contributed by atoms with Crippen molar-refractivity contribution in [2.45, 2.75) is 6.18 Å². The molecule has 2 aromatic rings. The van der Waals surface area contributed by atoms with Gasteiger partial charge in [-0.25, -0.2) is 4.98 Å². The molecule has 0 aliphatic heterocycles. The number of hydrogen-bond acceptors (Lipinski definition) is 2. The van der Waals surface area contributed by atoms with Gasteiger partial charge in [0.1, 0.15) is 11.0 Å². The number of aromatic nitrogens is 1. The lowest BCUT2D eigenvalue weighted by Gasteiger charge is -2.12. The smallest absolute Gasteiger partial charge is 0.332 e. The molecule has 0 saturated heterocycles. The number of hydrogen-bond donors (Lipinski definition) is 2. The number of halogens is 5. The molecular weight excluding hydrogens is 358 g/mol. The highest BCUT2D eigenvalue weighted by molar-refractivity contribution is 7.80. The number of nitrogens with zero attached hydrogens (tertiary/aromatic N) is 1. The number of alkyl halides is 3. The highest BCUT2D eigenvalue weighted by Gasteiger charge is 2.31. The largest absolute Gasteiger partial charge is 0.416 e. The molecule has 0 saturated carbocycles. The number of nitrogens with one attached hydrogen (secondary N) is 2. The third kappa shape index (κ3) is 4.72. The second kappa shape index (κ2) is 6.68. The van der Waals surface area contributed by atoms with E-state index in [9.17, 15) is 13.2 Å². The van der Waals surface area contributed by atoms with Crippen molar-refractivity contribution in [1.29, 1.82) is 0 Å². The number of pyridine rings is 1. The second-order valence-corrected chi connectivity index (χ2v) is 5.38. The van der Waals surface area contributed by atoms with Gasteiger partial charge in [0.15, 0.2) is 5.11 Å². The number of thiocarbonyl (C=S) groups is 1. The average Bonchev–Trinajstić information content (AvgIpc) is 2.39. The first-order valence-electron chi connectivity index (χ1n) is 5.82. The SMILES string of the molecule is FC(F)(F)c1cc(Cl)nc(NC(=S)Nc2ccc(Cl)cc2)c1. The summed E-state index contributed by atoms with van der Waals surface area (Å²) in [5, 5.41) is 5.68. The minimum Gasteiger partial charge on any atom is -0.332 e. The van der Waals surface area contributed by atoms with Crippen LogP contribution >= 0.6 is 35.4 Å². The van der Waals surface area contributed by atoms with Crippen LogP contribution in [0.25, 0.3) is 0 Å². The molecular formula is C13H8Cl2F3N3S. The van der Waals surface area contributed by atoms with Crippen LogP contribution in [0.5, 0.6) is 0 Å². The van der Waals surface area contributed by atoms with E-state index in [1.807, 2.05) is 0 Å². The molecule has 0 radical (unpaired) electrons. The van der Waals surface area contributed by atoms with Crippen LogP contribution in [0.1, 0.15) is 5.56 Å². The Kier molecular flexibility index (Phi) is 5.10. The zero-order valence-corrected chi connectivity index (χ0v) is 13.0. The predicted molar refractivity (Wildman–Crippen MR) is 85.5 cm³/mol. The predicted octanol–water partition coefficient (Wildman–Crippen LogP) is 5.22. The molecule has 1 heterocycles. The Morgan fingerprint density at radius 2 is 1.68 bits per heavy atom. The van der Waals surface area contributed by atoms with Crippen molar-refractivity contribution in [2.24, 2.45) is 0 Å². The summed E-state index contributed by atoms with van der Waals surface area (Å²) < 4.78 is 38.1. The zero-order chi connectivity index (χ0) is 16.3. The summed E-state index contributed by atoms with van der Waals surface area (Å²) in [7, 11) is 0. The highest BCUT2D eigenvalue weighted by Crippen LogP contribution is 2.31. The first-order valence-corrected chi connectivity index (χ1v) is 6.99. The van der Waals surface area contributed by atoms with Gasteiger partial charge in [0.25, 0.3) is 0 Å². The van der Waals surface area contributed by atoms with Gasteiger partial charge in [-0.3, -0.25) is 0 Å². The first kappa shape index (κ1) is 16.8. The summed E-state index contributed by atoms with van der Waals surface area (Å²) in [6, 6.07) is 8.19. The summed E-state index contributed by atoms with van der Waals surface area (Å²) in [6.45, 7) is 0. The molecule has 22 heavy (non-hydrogen) atoms. The number of benzene rings is 1. The standard InChI is InChI=1S/C13H8Cl2F3N3S/c14-8-1-3-9(4-2-8)19-12(22)21-11-6-7(13(16,17)18)5-10(15)20-11/h1-6H,(H2,19,20,21,22). The van der Waals surface area contributed by atoms with Crippen LogP contribution in [-0.2, 0) is 6.18 Å². The van der Waals surface area contributed by atoms with Crippen molar-refractivity contribution < 1.29 is 13.2 Å². The molecule has 9 heteroatoms. The summed E-state index contributed by atoms with van der Waals surface area (Å²) in [5.41, 5.74) is -0.288. The highest BCUT2D eigenvalue weighted by atomic mass is 35.5. The van der Waals surface area contributed by atoms with E-state index in [1.165, 1.54) is 0 Å². The van der Waals surface area contributed by atoms with Crippen LogP contribution in [0, 0.1) is 0 Å². The molecule has 3 nitrogen and oxygen atoms in total. The summed E-state index contributed by atoms with van der Waals surface area (Å²) >= 11 is 16.3. The zero-order valence-electron chi connectivity index (χ0n) is 10.7. The second-order valence-electron chi connectivity index (χ2n) is 4.15. The van der Waals surface area contributed by atoms with E-state index in [0.29, 0.717) is 10.7 Å². The van der Waals surface area contributed by atoms with Gasteiger partial charge in [-0.05, 0) is 48.6 Å². The van der Waals surface area contributed by atoms with E-state index in [1.54, 1.807) is 24.3 Å². The normalized spacial score (nSPS) is 11.1. The Labute approximate surface area is 139 Å². The lowest BCUT2D eigenvalue weighted by Crippen LogP contribution is -2.20. The summed E-state index contributed by atoms with van der Waals surface area (Å²) in [6.07, 6.45) is -4.52. The van der Waals surface area contributed by atoms with Gasteiger partial charge in [0.05, 0.1) is 5.56 Å². The Hall–Kier alpha value is -1.57. The molecule has 0 atom stereocenters. The maximum absolute atomic E-state index is 12.7. The van der Waals surface area contributed by atoms with E-state index >= 15 is 0 Å². The van der Waals surface area contributed by atoms with Gasteiger partial charge in [-0.1, -0.05) is 23.2 Å². The van der Waals surface area contributed by atoms with Crippen LogP contribution in [0.3, 0.4) is 0 Å². The minimum absolute atomic E-state index is 0.0743. The Balaban J connectivity index is 2.11. The number of anilines is 2. The maximum atomic E-state index is 12.7. The van der Waals surface area contributed by atoms with Gasteiger partial charge in [0.2, 0.25) is 0 Å². The van der Waals surface area contributed by atoms with E-state index in [2.05, 4.69) is 15.6 Å². The summed E-state index contributed by atoms with van der Waals surface area (Å²) in [4.78, 5) is 3.75. The first-order chi connectivity index (χ1) is 10.2. The molecule has 0 bridgehead atoms. The molecule has 2 rings (SSSR count). The van der Waals surface area contributed by atoms with Gasteiger partial charge in [0, 0.05) is 10.7 Å². The average molecular weight is 366 g/mol. The van der Waals surface area contributed by atoms with E-state index in [4.69, 9.17) is 35.4 Å². The van der Waals surface area contributed by atoms with Crippen molar-refractivity contribution in [1.82, 2.24) is 4.98 Å². The molecule has 116 valence electrons. The van der Waals surface area contributed by atoms with Gasteiger partial charge in [-0.2, -0.15) is 13.2 Å². The molecule has 0 unspecified atom stereocenters. The molecule has 1 aromatic heterocycles. The van der Waals surface area contributed by atoms with Crippen molar-refractivity contribution >= 4 is 52.0 Å². The van der Waals surface area contributed by atoms with E-state index < -0.39 is 11.7 Å². The third-order valence-electron chi connectivity index (χ3n) is 2.47. The van der Waals surface area contributed by atoms with Crippen molar-refractivity contribution in [3.8, 4) is 0 Å². The van der Waals surface area contributed by atoms with Gasteiger partial charge in [-0.15, -0.1) is 0 Å². The Morgan fingerprint density at radius 1 is 1.05 bits per heavy atom. The maximum Gasteiger partial charge on any atom is 0.416 e. The quantitative estimate of drug-likeness (QED) is 0.565. The van der Waals surface area contributed by atoms with E-state index in [0.717, 1.165) is 12.1 Å². The van der Waals surface area contributed by atoms with Crippen LogP contribution in [0.2, 0.25) is 10.2 Å². The molecule has 2 N–H and O–H groups in total. The lowest BCUT2D eigenvalue weighted by atomic mass is 10.2. The minimum atomic E-state index is -4.52. The van der Waals surface area contributed by atoms with Crippen LogP contribution in [0.15, 0.2) is 36.4 Å². The fourth-order valence-electron chi connectivity index (χ4n) is 1.54. The molecule has 0 spiro atoms. The third-order valence-corrected chi connectivity index (χ3v) is 3.11. The van der Waals surface area contributed by atoms with Crippen LogP contribution < -0.4 is 10.6 Å². The summed E-state index contributed by atoms with van der Waals surface area (Å²) in [5.74, 6) is -0.105. The topological polar surface area (TPSA) is 37.0 Å². The van der Waals surface area contributed by atoms with Crippen molar-refractivity contribution in [3.05, 3.63) is 52.1 Å². The van der Waals surface area contributed by atoms with Crippen molar-refractivity contribution in [2.75, 3.05) is 10.6 Å². The monoisotopic (exact) mass is 365 g/mol. The molecule has 0 fully saturated rings.